The van der Waals surface area contributed by atoms with E-state index >= 15 is 0 Å². The van der Waals surface area contributed by atoms with Gasteiger partial charge in [-0.15, -0.1) is 0 Å². The number of rotatable bonds is 5. The lowest BCUT2D eigenvalue weighted by molar-refractivity contribution is 0.102. The van der Waals surface area contributed by atoms with Gasteiger partial charge >= 0.3 is 6.03 Å². The van der Waals surface area contributed by atoms with E-state index in [4.69, 9.17) is 5.26 Å². The third-order valence-corrected chi connectivity index (χ3v) is 6.58. The standard InChI is InChI=1S/C20H28N4OS/c1-23(15-18-6-4-17(14-21)5-7-18)19(25)22-16-20(8-2-3-9-20)24-10-12-26-13-11-24/h4-7H,2-3,8-13,15-16H2,1H3,(H,22,25). The smallest absolute Gasteiger partial charge is 0.317 e. The fourth-order valence-corrected chi connectivity index (χ4v) is 4.98. The Balaban J connectivity index is 1.54. The van der Waals surface area contributed by atoms with E-state index in [0.29, 0.717) is 12.1 Å². The van der Waals surface area contributed by atoms with Crippen LogP contribution in [-0.2, 0) is 6.54 Å². The molecule has 0 bridgehead atoms. The van der Waals surface area contributed by atoms with Crippen LogP contribution in [0.25, 0.3) is 0 Å². The Kier molecular flexibility index (Phi) is 6.44. The van der Waals surface area contributed by atoms with Crippen LogP contribution in [0.5, 0.6) is 0 Å². The SMILES string of the molecule is CN(Cc1ccc(C#N)cc1)C(=O)NCC1(N2CCSCC2)CCCC1. The van der Waals surface area contributed by atoms with Crippen LogP contribution >= 0.6 is 11.8 Å². The topological polar surface area (TPSA) is 59.4 Å². The van der Waals surface area contributed by atoms with Crippen LogP contribution < -0.4 is 5.32 Å². The second-order valence-corrected chi connectivity index (χ2v) is 8.58. The highest BCUT2D eigenvalue weighted by Gasteiger charge is 2.40. The molecule has 0 unspecified atom stereocenters. The van der Waals surface area contributed by atoms with E-state index in [-0.39, 0.29) is 11.6 Å². The highest BCUT2D eigenvalue weighted by molar-refractivity contribution is 7.99. The van der Waals surface area contributed by atoms with Crippen LogP contribution in [0.3, 0.4) is 0 Å². The summed E-state index contributed by atoms with van der Waals surface area (Å²) in [6.45, 7) is 3.57. The van der Waals surface area contributed by atoms with Crippen molar-refractivity contribution in [2.45, 2.75) is 37.8 Å². The fraction of sp³-hybridized carbons (Fsp3) is 0.600. The van der Waals surface area contributed by atoms with E-state index in [1.807, 2.05) is 30.9 Å². The van der Waals surface area contributed by atoms with Gasteiger partial charge in [-0.3, -0.25) is 4.90 Å². The number of carbonyl (C=O) groups excluding carboxylic acids is 1. The lowest BCUT2D eigenvalue weighted by atomic mass is 9.94. The summed E-state index contributed by atoms with van der Waals surface area (Å²) in [5.41, 5.74) is 1.83. The van der Waals surface area contributed by atoms with Crippen LogP contribution in [-0.4, -0.2) is 59.6 Å². The normalized spacial score (nSPS) is 19.7. The number of hydrogen-bond donors (Lipinski definition) is 1. The van der Waals surface area contributed by atoms with E-state index < -0.39 is 0 Å². The van der Waals surface area contributed by atoms with Crippen LogP contribution in [0.15, 0.2) is 24.3 Å². The Hall–Kier alpha value is -1.71. The minimum atomic E-state index is -0.0213. The van der Waals surface area contributed by atoms with E-state index in [1.165, 1.54) is 37.2 Å². The van der Waals surface area contributed by atoms with Gasteiger partial charge in [-0.05, 0) is 30.5 Å². The van der Waals surface area contributed by atoms with Crippen molar-refractivity contribution in [2.75, 3.05) is 38.2 Å². The van der Waals surface area contributed by atoms with Gasteiger partial charge in [0.05, 0.1) is 11.6 Å². The first kappa shape index (κ1) is 19.1. The third-order valence-electron chi connectivity index (χ3n) is 5.63. The van der Waals surface area contributed by atoms with Crippen molar-refractivity contribution in [3.8, 4) is 6.07 Å². The van der Waals surface area contributed by atoms with Gasteiger partial charge in [-0.25, -0.2) is 4.79 Å². The monoisotopic (exact) mass is 372 g/mol. The summed E-state index contributed by atoms with van der Waals surface area (Å²) < 4.78 is 0. The molecule has 1 saturated heterocycles. The van der Waals surface area contributed by atoms with E-state index in [2.05, 4.69) is 16.3 Å². The van der Waals surface area contributed by atoms with Gasteiger partial charge in [0.25, 0.3) is 0 Å². The molecular weight excluding hydrogens is 344 g/mol. The van der Waals surface area contributed by atoms with Crippen molar-refractivity contribution in [3.05, 3.63) is 35.4 Å². The Morgan fingerprint density at radius 1 is 1.27 bits per heavy atom. The molecule has 2 amide bonds. The molecule has 3 rings (SSSR count). The number of hydrogen-bond acceptors (Lipinski definition) is 4. The molecule has 1 aromatic carbocycles. The molecule has 1 aliphatic heterocycles. The fourth-order valence-electron chi connectivity index (χ4n) is 4.08. The quantitative estimate of drug-likeness (QED) is 0.863. The Morgan fingerprint density at radius 2 is 1.92 bits per heavy atom. The molecule has 1 saturated carbocycles. The van der Waals surface area contributed by atoms with Crippen LogP contribution in [0, 0.1) is 11.3 Å². The summed E-state index contributed by atoms with van der Waals surface area (Å²) in [5, 5.41) is 12.1. The largest absolute Gasteiger partial charge is 0.336 e. The van der Waals surface area contributed by atoms with Gasteiger partial charge in [0.15, 0.2) is 0 Å². The number of benzene rings is 1. The van der Waals surface area contributed by atoms with Crippen LogP contribution in [0.2, 0.25) is 0 Å². The van der Waals surface area contributed by atoms with E-state index in [9.17, 15) is 4.79 Å². The summed E-state index contributed by atoms with van der Waals surface area (Å²) in [5.74, 6) is 2.41. The van der Waals surface area contributed by atoms with Crippen molar-refractivity contribution >= 4 is 17.8 Å². The number of nitriles is 1. The summed E-state index contributed by atoms with van der Waals surface area (Å²) in [6, 6.07) is 9.50. The number of urea groups is 1. The maximum absolute atomic E-state index is 12.6. The highest BCUT2D eigenvalue weighted by atomic mass is 32.2. The summed E-state index contributed by atoms with van der Waals surface area (Å²) in [7, 11) is 1.83. The number of nitrogens with one attached hydrogen (secondary N) is 1. The van der Waals surface area contributed by atoms with Crippen molar-refractivity contribution < 1.29 is 4.79 Å². The minimum absolute atomic E-state index is 0.0213. The number of carbonyl (C=O) groups is 1. The van der Waals surface area contributed by atoms with E-state index in [1.54, 1.807) is 17.0 Å². The van der Waals surface area contributed by atoms with Gasteiger partial charge in [0.1, 0.15) is 0 Å². The molecule has 2 aliphatic rings. The van der Waals surface area contributed by atoms with Crippen LogP contribution in [0.4, 0.5) is 4.79 Å². The van der Waals surface area contributed by atoms with Gasteiger partial charge in [-0.2, -0.15) is 17.0 Å². The minimum Gasteiger partial charge on any atom is -0.336 e. The zero-order valence-corrected chi connectivity index (χ0v) is 16.4. The molecule has 5 nitrogen and oxygen atoms in total. The first-order chi connectivity index (χ1) is 12.6. The Bertz CT molecular complexity index is 643. The first-order valence-electron chi connectivity index (χ1n) is 9.44. The maximum atomic E-state index is 12.6. The van der Waals surface area contributed by atoms with Gasteiger partial charge in [-0.1, -0.05) is 25.0 Å². The van der Waals surface area contributed by atoms with Crippen molar-refractivity contribution in [3.63, 3.8) is 0 Å². The first-order valence-corrected chi connectivity index (χ1v) is 10.6. The molecule has 1 aliphatic carbocycles. The molecule has 0 spiro atoms. The predicted molar refractivity (Wildman–Crippen MR) is 106 cm³/mol. The molecular formula is C20H28N4OS. The molecule has 1 aromatic rings. The maximum Gasteiger partial charge on any atom is 0.317 e. The second kappa shape index (κ2) is 8.79. The summed E-state index contributed by atoms with van der Waals surface area (Å²) >= 11 is 2.03. The third kappa shape index (κ3) is 4.52. The Labute approximate surface area is 160 Å². The zero-order valence-electron chi connectivity index (χ0n) is 15.5. The highest BCUT2D eigenvalue weighted by Crippen LogP contribution is 2.36. The van der Waals surface area contributed by atoms with Crippen molar-refractivity contribution in [1.82, 2.24) is 15.1 Å². The zero-order chi connectivity index (χ0) is 18.4. The van der Waals surface area contributed by atoms with E-state index in [0.717, 1.165) is 25.2 Å². The predicted octanol–water partition coefficient (Wildman–Crippen LogP) is 3.06. The van der Waals surface area contributed by atoms with Gasteiger partial charge in [0.2, 0.25) is 0 Å². The molecule has 1 heterocycles. The number of nitrogens with zero attached hydrogens (tertiary/aromatic N) is 3. The molecule has 2 fully saturated rings. The molecule has 0 radical (unpaired) electrons. The number of amides is 2. The molecule has 26 heavy (non-hydrogen) atoms. The molecule has 0 atom stereocenters. The van der Waals surface area contributed by atoms with Crippen LogP contribution in [0.1, 0.15) is 36.8 Å². The molecule has 140 valence electrons. The lowest BCUT2D eigenvalue weighted by Gasteiger charge is -2.43. The van der Waals surface area contributed by atoms with Crippen molar-refractivity contribution in [1.29, 1.82) is 5.26 Å². The number of thioether (sulfide) groups is 1. The average molecular weight is 373 g/mol. The lowest BCUT2D eigenvalue weighted by Crippen LogP contribution is -2.57. The summed E-state index contributed by atoms with van der Waals surface area (Å²) in [4.78, 5) is 16.9. The molecule has 6 heteroatoms. The Morgan fingerprint density at radius 3 is 2.54 bits per heavy atom. The average Bonchev–Trinajstić information content (AvgIpc) is 3.17. The second-order valence-electron chi connectivity index (χ2n) is 7.35. The van der Waals surface area contributed by atoms with Gasteiger partial charge < -0.3 is 10.2 Å². The summed E-state index contributed by atoms with van der Waals surface area (Å²) in [6.07, 6.45) is 4.91. The molecule has 0 aromatic heterocycles. The van der Waals surface area contributed by atoms with Gasteiger partial charge in [0, 0.05) is 50.3 Å². The van der Waals surface area contributed by atoms with Crippen molar-refractivity contribution in [2.24, 2.45) is 0 Å². The molecule has 1 N–H and O–H groups in total.